The van der Waals surface area contributed by atoms with E-state index in [1.54, 1.807) is 0 Å². The van der Waals surface area contributed by atoms with E-state index in [0.29, 0.717) is 0 Å². The summed E-state index contributed by atoms with van der Waals surface area (Å²) in [5.41, 5.74) is 0. The number of phosphoric ester groups is 2. The van der Waals surface area contributed by atoms with E-state index < -0.39 is 61.1 Å². The van der Waals surface area contributed by atoms with Crippen LogP contribution in [0.15, 0.2) is 0 Å². The van der Waals surface area contributed by atoms with Crippen LogP contribution in [0.5, 0.6) is 0 Å². The van der Waals surface area contributed by atoms with Gasteiger partial charge in [-0.25, -0.2) is 0 Å². The zero-order chi connectivity index (χ0) is 19.6. The Morgan fingerprint density at radius 2 is 1.44 bits per heavy atom. The number of phosphoric acid groups is 2. The second kappa shape index (κ2) is 8.59. The summed E-state index contributed by atoms with van der Waals surface area (Å²) >= 11 is 0. The third-order valence-electron chi connectivity index (χ3n) is 2.82. The Morgan fingerprint density at radius 3 is 1.80 bits per heavy atom. The molecule has 0 spiro atoms. The van der Waals surface area contributed by atoms with Gasteiger partial charge in [0.25, 0.3) is 0 Å². The zero-order valence-electron chi connectivity index (χ0n) is 12.4. The molecule has 0 aliphatic carbocycles. The molecule has 5 atom stereocenters. The number of hydrogen-bond donors (Lipinski definition) is 8. The van der Waals surface area contributed by atoms with Crippen molar-refractivity contribution in [3.05, 3.63) is 0 Å². The monoisotopic (exact) mass is 436 g/mol. The first-order valence-corrected chi connectivity index (χ1v) is 11.1. The molecule has 1 aliphatic heterocycles. The molecule has 1 fully saturated rings. The predicted octanol–water partition coefficient (Wildman–Crippen LogP) is -2.92. The van der Waals surface area contributed by atoms with Crippen molar-refractivity contribution in [3.63, 3.8) is 0 Å². The first-order valence-electron chi connectivity index (χ1n) is 6.29. The summed E-state index contributed by atoms with van der Waals surface area (Å²) < 4.78 is 45.2. The van der Waals surface area contributed by atoms with Gasteiger partial charge in [0, 0.05) is 0 Å². The van der Waals surface area contributed by atoms with Crippen molar-refractivity contribution in [3.8, 4) is 0 Å². The molecular formula is C7H19O15P3. The van der Waals surface area contributed by atoms with Crippen molar-refractivity contribution >= 4 is 23.8 Å². The molecule has 8 N–H and O–H groups in total. The van der Waals surface area contributed by atoms with Crippen LogP contribution in [-0.4, -0.2) is 83.8 Å². The molecule has 0 aromatic heterocycles. The number of ether oxygens (including phenoxy) is 2. The third-order valence-corrected chi connectivity index (χ3v) is 4.44. The molecule has 2 unspecified atom stereocenters. The Balaban J connectivity index is 3.32. The fraction of sp³-hybridized carbons (Fsp3) is 1.00. The van der Waals surface area contributed by atoms with Gasteiger partial charge in [-0.05, 0) is 0 Å². The Morgan fingerprint density at radius 1 is 0.960 bits per heavy atom. The standard InChI is InChI=1S/C7H19O15P3/c1-18-7-6(22-25(15,16)17)5(21-24(12,13)14)4(3(2-8)19-7)20-23(9,10)11/h3-8,15-17,25H,2H2,1H3,(H2,9,10,11)(H2,12,13,14)/t3?,4-,5?,6+,7+/m1/s1. The Hall–Kier alpha value is 0.370. The van der Waals surface area contributed by atoms with E-state index in [1.165, 1.54) is 0 Å². The van der Waals surface area contributed by atoms with Crippen LogP contribution in [0.4, 0.5) is 0 Å². The van der Waals surface area contributed by atoms with Crippen LogP contribution in [-0.2, 0) is 32.2 Å². The van der Waals surface area contributed by atoms with E-state index in [1.807, 2.05) is 0 Å². The van der Waals surface area contributed by atoms with E-state index in [-0.39, 0.29) is 0 Å². The van der Waals surface area contributed by atoms with Crippen LogP contribution in [0.3, 0.4) is 0 Å². The van der Waals surface area contributed by atoms with Gasteiger partial charge in [-0.2, -0.15) is 0 Å². The van der Waals surface area contributed by atoms with E-state index in [9.17, 15) is 14.2 Å². The zero-order valence-corrected chi connectivity index (χ0v) is 15.2. The topological polar surface area (TPSA) is 242 Å². The number of hydrogen-bond acceptors (Lipinski definition) is 11. The molecule has 152 valence electrons. The van der Waals surface area contributed by atoms with Gasteiger partial charge < -0.3 is 0 Å². The molecule has 1 aliphatic rings. The van der Waals surface area contributed by atoms with E-state index in [4.69, 9.17) is 43.7 Å². The second-order valence-electron chi connectivity index (χ2n) is 4.74. The maximum absolute atomic E-state index is 11.2. The average molecular weight is 436 g/mol. The number of aliphatic hydroxyl groups excluding tert-OH is 1. The minimum absolute atomic E-state index is 0.960. The predicted molar refractivity (Wildman–Crippen MR) is 76.4 cm³/mol. The summed E-state index contributed by atoms with van der Waals surface area (Å²) in [6.07, 6.45) is -9.53. The fourth-order valence-corrected chi connectivity index (χ4v) is 3.83. The Kier molecular flexibility index (Phi) is 8.04. The van der Waals surface area contributed by atoms with Gasteiger partial charge >= 0.3 is 140 Å². The Bertz CT molecular complexity index is 522. The normalized spacial score (nSPS) is 32.6. The first kappa shape index (κ1) is 23.4. The first-order chi connectivity index (χ1) is 11.2. The van der Waals surface area contributed by atoms with E-state index in [2.05, 4.69) is 13.6 Å². The molecular weight excluding hydrogens is 417 g/mol. The van der Waals surface area contributed by atoms with Gasteiger partial charge in [0.2, 0.25) is 0 Å². The summed E-state index contributed by atoms with van der Waals surface area (Å²) in [5.74, 6) is 0. The van der Waals surface area contributed by atoms with Gasteiger partial charge in [-0.1, -0.05) is 0 Å². The molecule has 0 amide bonds. The molecule has 1 rings (SSSR count). The molecule has 15 nitrogen and oxygen atoms in total. The molecule has 25 heavy (non-hydrogen) atoms. The summed E-state index contributed by atoms with van der Waals surface area (Å²) in [6, 6.07) is 0. The fourth-order valence-electron chi connectivity index (χ4n) is 2.09. The number of methoxy groups -OCH3 is 1. The number of aliphatic hydroxyl groups is 1. The molecule has 1 heterocycles. The number of rotatable bonds is 8. The van der Waals surface area contributed by atoms with E-state index in [0.717, 1.165) is 7.11 Å². The average Bonchev–Trinajstić information content (AvgIpc) is 2.38. The van der Waals surface area contributed by atoms with Crippen LogP contribution >= 0.6 is 23.8 Å². The van der Waals surface area contributed by atoms with Gasteiger partial charge in [-0.15, -0.1) is 0 Å². The molecule has 0 aromatic carbocycles. The SMILES string of the molecule is CO[C@H]1OC(CO)[C@@H](OP(=O)(O)O)C(OP(=O)(O)O)[C@@H]1O[PH](O)(O)O. The van der Waals surface area contributed by atoms with Crippen molar-refractivity contribution in [2.45, 2.75) is 30.7 Å². The van der Waals surface area contributed by atoms with Crippen LogP contribution in [0.2, 0.25) is 0 Å². The minimum atomic E-state index is -5.35. The van der Waals surface area contributed by atoms with Gasteiger partial charge in [-0.3, -0.25) is 0 Å². The molecule has 18 heteroatoms. The van der Waals surface area contributed by atoms with E-state index >= 15 is 0 Å². The summed E-state index contributed by atoms with van der Waals surface area (Å²) in [7, 11) is -15.0. The molecule has 0 saturated carbocycles. The summed E-state index contributed by atoms with van der Waals surface area (Å²) in [6.45, 7) is -0.960. The summed E-state index contributed by atoms with van der Waals surface area (Å²) in [5, 5.41) is 9.26. The molecule has 0 bridgehead atoms. The van der Waals surface area contributed by atoms with Crippen molar-refractivity contribution in [2.24, 2.45) is 0 Å². The van der Waals surface area contributed by atoms with Crippen LogP contribution in [0.25, 0.3) is 0 Å². The van der Waals surface area contributed by atoms with Gasteiger partial charge in [0.15, 0.2) is 0 Å². The van der Waals surface area contributed by atoms with Crippen molar-refractivity contribution < 1.29 is 71.5 Å². The van der Waals surface area contributed by atoms with Crippen LogP contribution in [0, 0.1) is 0 Å². The van der Waals surface area contributed by atoms with Crippen molar-refractivity contribution in [2.75, 3.05) is 13.7 Å². The van der Waals surface area contributed by atoms with Crippen LogP contribution in [0.1, 0.15) is 0 Å². The molecule has 0 radical (unpaired) electrons. The Labute approximate surface area is 140 Å². The van der Waals surface area contributed by atoms with Gasteiger partial charge in [0.1, 0.15) is 0 Å². The van der Waals surface area contributed by atoms with Crippen LogP contribution < -0.4 is 0 Å². The maximum atomic E-state index is 11.2. The second-order valence-corrected chi connectivity index (χ2v) is 8.51. The summed E-state index contributed by atoms with van der Waals surface area (Å²) in [4.78, 5) is 63.0. The molecule has 0 aromatic rings. The van der Waals surface area contributed by atoms with Crippen molar-refractivity contribution in [1.29, 1.82) is 0 Å². The third kappa shape index (κ3) is 7.87. The van der Waals surface area contributed by atoms with Crippen molar-refractivity contribution in [1.82, 2.24) is 0 Å². The quantitative estimate of drug-likeness (QED) is 0.178. The molecule has 1 saturated heterocycles. The van der Waals surface area contributed by atoms with Gasteiger partial charge in [0.05, 0.1) is 0 Å².